The fourth-order valence-corrected chi connectivity index (χ4v) is 3.10. The van der Waals surface area contributed by atoms with Gasteiger partial charge in [0.2, 0.25) is 5.95 Å². The molecular weight excluding hydrogens is 342 g/mol. The molecular formula is C16H10ClN7O. The predicted octanol–water partition coefficient (Wildman–Crippen LogP) is 3.19. The van der Waals surface area contributed by atoms with Gasteiger partial charge in [-0.3, -0.25) is 0 Å². The summed E-state index contributed by atoms with van der Waals surface area (Å²) in [6.45, 7) is 0. The van der Waals surface area contributed by atoms with E-state index in [0.717, 1.165) is 16.6 Å². The van der Waals surface area contributed by atoms with Crippen molar-refractivity contribution in [1.82, 2.24) is 29.9 Å². The van der Waals surface area contributed by atoms with Crippen LogP contribution in [0.4, 0.5) is 5.95 Å². The number of rotatable bonds is 2. The van der Waals surface area contributed by atoms with Crippen LogP contribution in [0, 0.1) is 0 Å². The van der Waals surface area contributed by atoms with Gasteiger partial charge in [-0.25, -0.2) is 4.98 Å². The van der Waals surface area contributed by atoms with Crippen molar-refractivity contribution in [2.75, 3.05) is 5.73 Å². The first-order valence-corrected chi connectivity index (χ1v) is 7.78. The van der Waals surface area contributed by atoms with Crippen molar-refractivity contribution < 1.29 is 4.42 Å². The van der Waals surface area contributed by atoms with E-state index in [0.29, 0.717) is 27.6 Å². The number of nitrogen functional groups attached to an aromatic ring is 1. The van der Waals surface area contributed by atoms with Crippen LogP contribution in [-0.4, -0.2) is 29.9 Å². The number of hydrogen-bond donors (Lipinski definition) is 2. The molecule has 25 heavy (non-hydrogen) atoms. The van der Waals surface area contributed by atoms with Crippen LogP contribution in [0.5, 0.6) is 0 Å². The molecule has 122 valence electrons. The molecule has 0 saturated heterocycles. The molecule has 0 radical (unpaired) electrons. The van der Waals surface area contributed by atoms with Crippen LogP contribution < -0.4 is 5.73 Å². The standard InChI is InChI=1S/C16H10ClN7O/c17-10-7-9(6-8-3-4-19-12(8)10)24-15-14(22-23-24)13(20-16(18)21-15)11-2-1-5-25-11/h1-7,19H,(H2,18,20,21). The molecule has 8 nitrogen and oxygen atoms in total. The number of nitrogens with one attached hydrogen (secondary N) is 1. The van der Waals surface area contributed by atoms with Crippen molar-refractivity contribution in [3.63, 3.8) is 0 Å². The average Bonchev–Trinajstić information content (AvgIpc) is 3.34. The van der Waals surface area contributed by atoms with Gasteiger partial charge in [0.05, 0.1) is 22.5 Å². The summed E-state index contributed by atoms with van der Waals surface area (Å²) in [6, 6.07) is 9.21. The maximum absolute atomic E-state index is 6.35. The Labute approximate surface area is 145 Å². The molecule has 0 fully saturated rings. The number of anilines is 1. The highest BCUT2D eigenvalue weighted by atomic mass is 35.5. The minimum Gasteiger partial charge on any atom is -0.463 e. The van der Waals surface area contributed by atoms with Gasteiger partial charge in [0.1, 0.15) is 5.69 Å². The molecule has 3 N–H and O–H groups in total. The van der Waals surface area contributed by atoms with E-state index < -0.39 is 0 Å². The molecule has 0 amide bonds. The summed E-state index contributed by atoms with van der Waals surface area (Å²) in [5.41, 5.74) is 8.93. The van der Waals surface area contributed by atoms with Gasteiger partial charge in [0.25, 0.3) is 0 Å². The number of nitrogens with two attached hydrogens (primary N) is 1. The molecule has 0 aliphatic heterocycles. The van der Waals surface area contributed by atoms with Gasteiger partial charge >= 0.3 is 0 Å². The number of aromatic amines is 1. The number of benzene rings is 1. The first-order valence-electron chi connectivity index (χ1n) is 7.40. The van der Waals surface area contributed by atoms with E-state index in [1.807, 2.05) is 18.3 Å². The average molecular weight is 352 g/mol. The van der Waals surface area contributed by atoms with Gasteiger partial charge in [0, 0.05) is 11.6 Å². The van der Waals surface area contributed by atoms with Crippen LogP contribution in [0.3, 0.4) is 0 Å². The van der Waals surface area contributed by atoms with E-state index >= 15 is 0 Å². The largest absolute Gasteiger partial charge is 0.463 e. The van der Waals surface area contributed by atoms with Crippen LogP contribution in [0.25, 0.3) is 39.2 Å². The first-order chi connectivity index (χ1) is 12.2. The number of hydrogen-bond acceptors (Lipinski definition) is 6. The first kappa shape index (κ1) is 14.0. The fourth-order valence-electron chi connectivity index (χ4n) is 2.82. The van der Waals surface area contributed by atoms with Crippen molar-refractivity contribution in [2.24, 2.45) is 0 Å². The Morgan fingerprint density at radius 2 is 2.12 bits per heavy atom. The quantitative estimate of drug-likeness (QED) is 0.505. The minimum atomic E-state index is 0.108. The lowest BCUT2D eigenvalue weighted by atomic mass is 10.2. The van der Waals surface area contributed by atoms with Crippen LogP contribution in [0.1, 0.15) is 0 Å². The van der Waals surface area contributed by atoms with Crippen molar-refractivity contribution >= 4 is 39.6 Å². The number of nitrogens with zero attached hydrogens (tertiary/aromatic N) is 5. The van der Waals surface area contributed by atoms with Gasteiger partial charge in [-0.05, 0) is 30.3 Å². The molecule has 0 unspecified atom stereocenters. The Hall–Kier alpha value is -3.39. The number of fused-ring (bicyclic) bond motifs is 2. The number of halogens is 1. The summed E-state index contributed by atoms with van der Waals surface area (Å²) in [5, 5.41) is 9.95. The summed E-state index contributed by atoms with van der Waals surface area (Å²) in [6.07, 6.45) is 3.39. The summed E-state index contributed by atoms with van der Waals surface area (Å²) < 4.78 is 7.00. The zero-order valence-corrected chi connectivity index (χ0v) is 13.4. The molecule has 0 spiro atoms. The van der Waals surface area contributed by atoms with E-state index in [1.54, 1.807) is 29.1 Å². The maximum Gasteiger partial charge on any atom is 0.222 e. The van der Waals surface area contributed by atoms with Crippen LogP contribution >= 0.6 is 11.6 Å². The highest BCUT2D eigenvalue weighted by molar-refractivity contribution is 6.35. The third-order valence-electron chi connectivity index (χ3n) is 3.91. The molecule has 5 rings (SSSR count). The van der Waals surface area contributed by atoms with Gasteiger partial charge < -0.3 is 15.1 Å². The Morgan fingerprint density at radius 1 is 1.20 bits per heavy atom. The van der Waals surface area contributed by atoms with Crippen molar-refractivity contribution in [1.29, 1.82) is 0 Å². The third kappa shape index (κ3) is 2.08. The van der Waals surface area contributed by atoms with E-state index in [4.69, 9.17) is 21.8 Å². The SMILES string of the molecule is Nc1nc(-c2ccco2)c2nnn(-c3cc(Cl)c4[nH]ccc4c3)c2n1. The zero-order chi connectivity index (χ0) is 17.0. The topological polar surface area (TPSA) is 111 Å². The van der Waals surface area contributed by atoms with Crippen molar-refractivity contribution in [3.05, 3.63) is 47.8 Å². The fraction of sp³-hybridized carbons (Fsp3) is 0. The Bertz CT molecular complexity index is 1220. The predicted molar refractivity (Wildman–Crippen MR) is 93.4 cm³/mol. The molecule has 0 aliphatic carbocycles. The second-order valence-electron chi connectivity index (χ2n) is 5.45. The molecule has 9 heteroatoms. The lowest BCUT2D eigenvalue weighted by molar-refractivity contribution is 0.580. The second-order valence-corrected chi connectivity index (χ2v) is 5.86. The minimum absolute atomic E-state index is 0.108. The molecule has 0 saturated carbocycles. The number of aromatic nitrogens is 6. The highest BCUT2D eigenvalue weighted by Crippen LogP contribution is 2.29. The lowest BCUT2D eigenvalue weighted by Gasteiger charge is -2.05. The summed E-state index contributed by atoms with van der Waals surface area (Å²) in [7, 11) is 0. The molecule has 4 heterocycles. The zero-order valence-electron chi connectivity index (χ0n) is 12.6. The normalized spacial score (nSPS) is 11.6. The number of furan rings is 1. The summed E-state index contributed by atoms with van der Waals surface area (Å²) in [4.78, 5) is 11.6. The Balaban J connectivity index is 1.79. The molecule has 5 aromatic rings. The lowest BCUT2D eigenvalue weighted by Crippen LogP contribution is -2.02. The van der Waals surface area contributed by atoms with Crippen LogP contribution in [-0.2, 0) is 0 Å². The second kappa shape index (κ2) is 5.05. The van der Waals surface area contributed by atoms with Crippen LogP contribution in [0.15, 0.2) is 47.2 Å². The molecule has 0 atom stereocenters. The Kier molecular flexibility index (Phi) is 2.83. The molecule has 1 aromatic carbocycles. The van der Waals surface area contributed by atoms with Crippen molar-refractivity contribution in [3.8, 4) is 17.1 Å². The summed E-state index contributed by atoms with van der Waals surface area (Å²) >= 11 is 6.35. The molecule has 4 aromatic heterocycles. The van der Waals surface area contributed by atoms with Crippen LogP contribution in [0.2, 0.25) is 5.02 Å². The van der Waals surface area contributed by atoms with Gasteiger partial charge in [0.15, 0.2) is 16.9 Å². The molecule has 0 aliphatic rings. The maximum atomic E-state index is 6.35. The monoisotopic (exact) mass is 351 g/mol. The van der Waals surface area contributed by atoms with Gasteiger partial charge in [-0.1, -0.05) is 16.8 Å². The van der Waals surface area contributed by atoms with Crippen molar-refractivity contribution in [2.45, 2.75) is 0 Å². The van der Waals surface area contributed by atoms with E-state index in [9.17, 15) is 0 Å². The molecule has 0 bridgehead atoms. The van der Waals surface area contributed by atoms with E-state index in [2.05, 4.69) is 25.3 Å². The smallest absolute Gasteiger partial charge is 0.222 e. The van der Waals surface area contributed by atoms with Gasteiger partial charge in [-0.2, -0.15) is 9.67 Å². The van der Waals surface area contributed by atoms with E-state index in [-0.39, 0.29) is 5.95 Å². The van der Waals surface area contributed by atoms with E-state index in [1.165, 1.54) is 0 Å². The Morgan fingerprint density at radius 3 is 2.96 bits per heavy atom. The number of H-pyrrole nitrogens is 1. The van der Waals surface area contributed by atoms with Gasteiger partial charge in [-0.15, -0.1) is 5.10 Å². The summed E-state index contributed by atoms with van der Waals surface area (Å²) in [5.74, 6) is 0.654. The third-order valence-corrected chi connectivity index (χ3v) is 4.21. The highest BCUT2D eigenvalue weighted by Gasteiger charge is 2.18.